The molecule has 20 heavy (non-hydrogen) atoms. The number of rotatable bonds is 7. The minimum absolute atomic E-state index is 0.0449. The Labute approximate surface area is 115 Å². The number of aliphatic hydroxyl groups is 1. The van der Waals surface area contributed by atoms with Crippen LogP contribution in [0, 0.1) is 0 Å². The lowest BCUT2D eigenvalue weighted by Crippen LogP contribution is -2.37. The fraction of sp³-hybridized carbons (Fsp3) is 0.462. The number of nitrogens with zero attached hydrogens (tertiary/aromatic N) is 1. The van der Waals surface area contributed by atoms with E-state index in [1.54, 1.807) is 19.1 Å². The number of halogens is 2. The van der Waals surface area contributed by atoms with E-state index in [0.29, 0.717) is 6.61 Å². The van der Waals surface area contributed by atoms with Gasteiger partial charge in [-0.25, -0.2) is 8.78 Å². The van der Waals surface area contributed by atoms with Crippen molar-refractivity contribution in [3.63, 3.8) is 0 Å². The molecule has 1 aromatic carbocycles. The van der Waals surface area contributed by atoms with Crippen molar-refractivity contribution in [2.24, 2.45) is 0 Å². The van der Waals surface area contributed by atoms with Crippen LogP contribution >= 0.6 is 0 Å². The van der Waals surface area contributed by atoms with Crippen molar-refractivity contribution in [3.05, 3.63) is 23.8 Å². The zero-order valence-corrected chi connectivity index (χ0v) is 11.2. The second kappa shape index (κ2) is 7.64. The van der Waals surface area contributed by atoms with E-state index in [2.05, 4.69) is 0 Å². The first kappa shape index (κ1) is 16.2. The fourth-order valence-corrected chi connectivity index (χ4v) is 1.77. The van der Waals surface area contributed by atoms with Gasteiger partial charge in [-0.2, -0.15) is 0 Å². The molecule has 1 amide bonds. The SMILES string of the molecule is CCOc1cccc(N)c1C(=O)N(CCO)CC(F)F. The summed E-state index contributed by atoms with van der Waals surface area (Å²) in [7, 11) is 0. The summed E-state index contributed by atoms with van der Waals surface area (Å²) < 4.78 is 30.3. The summed E-state index contributed by atoms with van der Waals surface area (Å²) in [5.74, 6) is -0.435. The first-order valence-corrected chi connectivity index (χ1v) is 6.20. The van der Waals surface area contributed by atoms with E-state index in [1.165, 1.54) is 6.07 Å². The van der Waals surface area contributed by atoms with Crippen LogP contribution in [0.25, 0.3) is 0 Å². The van der Waals surface area contributed by atoms with Crippen LogP contribution in [0.3, 0.4) is 0 Å². The lowest BCUT2D eigenvalue weighted by molar-refractivity contribution is 0.0507. The number of amides is 1. The number of carbonyl (C=O) groups is 1. The van der Waals surface area contributed by atoms with Gasteiger partial charge >= 0.3 is 0 Å². The minimum Gasteiger partial charge on any atom is -0.493 e. The number of nitrogens with two attached hydrogens (primary N) is 1. The molecule has 0 aromatic heterocycles. The van der Waals surface area contributed by atoms with Gasteiger partial charge in [-0.15, -0.1) is 0 Å². The molecule has 0 saturated carbocycles. The summed E-state index contributed by atoms with van der Waals surface area (Å²) in [6.45, 7) is 0.693. The molecule has 0 aliphatic rings. The Kier molecular flexibility index (Phi) is 6.17. The van der Waals surface area contributed by atoms with Gasteiger partial charge in [-0.1, -0.05) is 6.07 Å². The van der Waals surface area contributed by atoms with Crippen molar-refractivity contribution in [2.75, 3.05) is 32.0 Å². The number of anilines is 1. The molecular formula is C13H18F2N2O3. The van der Waals surface area contributed by atoms with Gasteiger partial charge in [0.25, 0.3) is 12.3 Å². The molecule has 0 heterocycles. The Morgan fingerprint density at radius 1 is 1.50 bits per heavy atom. The highest BCUT2D eigenvalue weighted by molar-refractivity contribution is 6.01. The number of hydrogen-bond acceptors (Lipinski definition) is 4. The summed E-state index contributed by atoms with van der Waals surface area (Å²) in [5, 5.41) is 8.89. The summed E-state index contributed by atoms with van der Waals surface area (Å²) in [6.07, 6.45) is -2.69. The second-order valence-electron chi connectivity index (χ2n) is 4.02. The van der Waals surface area contributed by atoms with Crippen LogP contribution in [0.5, 0.6) is 5.75 Å². The monoisotopic (exact) mass is 288 g/mol. The van der Waals surface area contributed by atoms with Crippen molar-refractivity contribution >= 4 is 11.6 Å². The summed E-state index contributed by atoms with van der Waals surface area (Å²) >= 11 is 0. The van der Waals surface area contributed by atoms with E-state index < -0.39 is 25.5 Å². The van der Waals surface area contributed by atoms with E-state index >= 15 is 0 Å². The topological polar surface area (TPSA) is 75.8 Å². The van der Waals surface area contributed by atoms with Crippen molar-refractivity contribution in [1.29, 1.82) is 0 Å². The van der Waals surface area contributed by atoms with Crippen LogP contribution in [0.15, 0.2) is 18.2 Å². The Bertz CT molecular complexity index is 455. The second-order valence-corrected chi connectivity index (χ2v) is 4.02. The Morgan fingerprint density at radius 3 is 2.75 bits per heavy atom. The van der Waals surface area contributed by atoms with Crippen LogP contribution < -0.4 is 10.5 Å². The van der Waals surface area contributed by atoms with E-state index in [9.17, 15) is 13.6 Å². The van der Waals surface area contributed by atoms with E-state index in [1.807, 2.05) is 0 Å². The van der Waals surface area contributed by atoms with Crippen LogP contribution in [0.2, 0.25) is 0 Å². The molecule has 0 fully saturated rings. The number of aliphatic hydroxyl groups excluding tert-OH is 1. The minimum atomic E-state index is -2.69. The van der Waals surface area contributed by atoms with Gasteiger partial charge in [0, 0.05) is 12.2 Å². The Morgan fingerprint density at radius 2 is 2.20 bits per heavy atom. The molecule has 0 aliphatic carbocycles. The number of carbonyl (C=O) groups excluding carboxylic acids is 1. The third-order valence-corrected chi connectivity index (χ3v) is 2.59. The number of nitrogen functional groups attached to an aromatic ring is 1. The average molecular weight is 288 g/mol. The fourth-order valence-electron chi connectivity index (χ4n) is 1.77. The van der Waals surface area contributed by atoms with Gasteiger partial charge in [0.05, 0.1) is 19.8 Å². The third kappa shape index (κ3) is 4.06. The van der Waals surface area contributed by atoms with E-state index in [4.69, 9.17) is 15.6 Å². The van der Waals surface area contributed by atoms with Crippen molar-refractivity contribution in [3.8, 4) is 5.75 Å². The lowest BCUT2D eigenvalue weighted by Gasteiger charge is -2.23. The van der Waals surface area contributed by atoms with Gasteiger partial charge in [0.2, 0.25) is 0 Å². The molecule has 7 heteroatoms. The summed E-state index contributed by atoms with van der Waals surface area (Å²) in [4.78, 5) is 13.2. The number of ether oxygens (including phenoxy) is 1. The van der Waals surface area contributed by atoms with Gasteiger partial charge in [-0.3, -0.25) is 4.79 Å². The Balaban J connectivity index is 3.09. The zero-order chi connectivity index (χ0) is 15.1. The van der Waals surface area contributed by atoms with Crippen molar-refractivity contribution in [1.82, 2.24) is 4.90 Å². The molecule has 5 nitrogen and oxygen atoms in total. The predicted octanol–water partition coefficient (Wildman–Crippen LogP) is 1.37. The summed E-state index contributed by atoms with van der Waals surface area (Å²) in [5.41, 5.74) is 5.94. The highest BCUT2D eigenvalue weighted by Gasteiger charge is 2.24. The quantitative estimate of drug-likeness (QED) is 0.743. The molecule has 0 radical (unpaired) electrons. The lowest BCUT2D eigenvalue weighted by atomic mass is 10.1. The van der Waals surface area contributed by atoms with Gasteiger partial charge in [0.15, 0.2) is 0 Å². The van der Waals surface area contributed by atoms with Crippen molar-refractivity contribution < 1.29 is 23.4 Å². The average Bonchev–Trinajstić information content (AvgIpc) is 2.38. The first-order chi connectivity index (χ1) is 9.51. The number of alkyl halides is 2. The normalized spacial score (nSPS) is 10.7. The summed E-state index contributed by atoms with van der Waals surface area (Å²) in [6, 6.07) is 4.66. The smallest absolute Gasteiger partial charge is 0.260 e. The highest BCUT2D eigenvalue weighted by Crippen LogP contribution is 2.26. The third-order valence-electron chi connectivity index (χ3n) is 2.59. The zero-order valence-electron chi connectivity index (χ0n) is 11.2. The van der Waals surface area contributed by atoms with Crippen LogP contribution in [-0.2, 0) is 0 Å². The van der Waals surface area contributed by atoms with Crippen LogP contribution in [-0.4, -0.2) is 48.6 Å². The molecule has 1 aromatic rings. The Hall–Kier alpha value is -1.89. The molecule has 3 N–H and O–H groups in total. The van der Waals surface area contributed by atoms with E-state index in [0.717, 1.165) is 4.90 Å². The largest absolute Gasteiger partial charge is 0.493 e. The van der Waals surface area contributed by atoms with Gasteiger partial charge in [0.1, 0.15) is 11.3 Å². The molecule has 0 spiro atoms. The molecule has 1 rings (SSSR count). The molecule has 112 valence electrons. The number of hydrogen-bond donors (Lipinski definition) is 2. The number of benzene rings is 1. The van der Waals surface area contributed by atoms with Gasteiger partial charge in [-0.05, 0) is 19.1 Å². The first-order valence-electron chi connectivity index (χ1n) is 6.20. The maximum atomic E-state index is 12.5. The van der Waals surface area contributed by atoms with Crippen LogP contribution in [0.4, 0.5) is 14.5 Å². The van der Waals surface area contributed by atoms with Crippen molar-refractivity contribution in [2.45, 2.75) is 13.3 Å². The molecule has 0 saturated heterocycles. The maximum absolute atomic E-state index is 12.5. The molecule has 0 aliphatic heterocycles. The highest BCUT2D eigenvalue weighted by atomic mass is 19.3. The molecule has 0 unspecified atom stereocenters. The molecule has 0 atom stereocenters. The maximum Gasteiger partial charge on any atom is 0.260 e. The predicted molar refractivity (Wildman–Crippen MR) is 71.0 cm³/mol. The molecule has 0 bridgehead atoms. The standard InChI is InChI=1S/C13H18F2N2O3/c1-2-20-10-5-3-4-9(16)12(10)13(19)17(6-7-18)8-11(14)15/h3-5,11,18H,2,6-8,16H2,1H3. The van der Waals surface area contributed by atoms with E-state index in [-0.39, 0.29) is 23.5 Å². The van der Waals surface area contributed by atoms with Crippen LogP contribution in [0.1, 0.15) is 17.3 Å². The molecular weight excluding hydrogens is 270 g/mol. The van der Waals surface area contributed by atoms with Gasteiger partial charge < -0.3 is 20.5 Å².